The van der Waals surface area contributed by atoms with Gasteiger partial charge in [0.1, 0.15) is 23.9 Å². The molecule has 4 atom stereocenters. The zero-order valence-electron chi connectivity index (χ0n) is 25.5. The van der Waals surface area contributed by atoms with Gasteiger partial charge in [0.25, 0.3) is 0 Å². The van der Waals surface area contributed by atoms with Crippen LogP contribution in [0.1, 0.15) is 36.8 Å². The predicted molar refractivity (Wildman–Crippen MR) is 173 cm³/mol. The lowest BCUT2D eigenvalue weighted by Crippen LogP contribution is -2.57. The second-order valence-corrected chi connectivity index (χ2v) is 10.6. The second-order valence-electron chi connectivity index (χ2n) is 10.6. The Morgan fingerprint density at radius 2 is 1.13 bits per heavy atom. The Morgan fingerprint density at radius 1 is 0.652 bits per heavy atom. The summed E-state index contributed by atoms with van der Waals surface area (Å²) in [4.78, 5) is 59.7. The normalized spacial score (nSPS) is 13.2. The van der Waals surface area contributed by atoms with Crippen molar-refractivity contribution in [1.29, 1.82) is 0 Å². The molecule has 3 amide bonds. The SMILES string of the molecule is NC(N)=NCCC[C@H](NC(=O)[C@H](CCCN=C(N)N)NC(=O)[C@H](Cc1ccc(O)cc1)NC(=O)[C@@H](N)Cc1ccccc1)C(=O)O. The number of carbonyl (C=O) groups is 4. The van der Waals surface area contributed by atoms with E-state index in [4.69, 9.17) is 28.7 Å². The van der Waals surface area contributed by atoms with Gasteiger partial charge >= 0.3 is 5.97 Å². The van der Waals surface area contributed by atoms with Crippen LogP contribution in [0.3, 0.4) is 0 Å². The van der Waals surface area contributed by atoms with E-state index in [0.29, 0.717) is 5.56 Å². The Bertz CT molecular complexity index is 1350. The number of carboxylic acids is 1. The van der Waals surface area contributed by atoms with E-state index >= 15 is 0 Å². The highest BCUT2D eigenvalue weighted by Gasteiger charge is 2.30. The van der Waals surface area contributed by atoms with Crippen molar-refractivity contribution in [3.8, 4) is 5.75 Å². The van der Waals surface area contributed by atoms with E-state index in [-0.39, 0.29) is 69.3 Å². The van der Waals surface area contributed by atoms with Crippen LogP contribution in [0.2, 0.25) is 0 Å². The van der Waals surface area contributed by atoms with Crippen LogP contribution in [0, 0.1) is 0 Å². The number of amides is 3. The predicted octanol–water partition coefficient (Wildman–Crippen LogP) is -1.85. The molecule has 16 nitrogen and oxygen atoms in total. The maximum atomic E-state index is 13.7. The third-order valence-corrected chi connectivity index (χ3v) is 6.78. The minimum atomic E-state index is -1.29. The van der Waals surface area contributed by atoms with Crippen LogP contribution in [0.25, 0.3) is 0 Å². The molecule has 0 aromatic heterocycles. The summed E-state index contributed by atoms with van der Waals surface area (Å²) >= 11 is 0. The Hall–Kier alpha value is -5.38. The molecule has 2 rings (SSSR count). The minimum absolute atomic E-state index is 0.000786. The molecule has 0 aliphatic carbocycles. The highest BCUT2D eigenvalue weighted by Crippen LogP contribution is 2.13. The Kier molecular flexibility index (Phi) is 15.3. The van der Waals surface area contributed by atoms with Crippen molar-refractivity contribution < 1.29 is 29.4 Å². The van der Waals surface area contributed by atoms with Crippen LogP contribution >= 0.6 is 0 Å². The summed E-state index contributed by atoms with van der Waals surface area (Å²) in [6, 6.07) is 10.5. The van der Waals surface area contributed by atoms with Gasteiger partial charge in [0.15, 0.2) is 11.9 Å². The number of aromatic hydroxyl groups is 1. The van der Waals surface area contributed by atoms with Gasteiger partial charge in [0, 0.05) is 19.5 Å². The van der Waals surface area contributed by atoms with Crippen LogP contribution in [-0.2, 0) is 32.0 Å². The number of phenols is 1. The van der Waals surface area contributed by atoms with Crippen molar-refractivity contribution in [3.63, 3.8) is 0 Å². The molecule has 0 fully saturated rings. The molecule has 0 spiro atoms. The van der Waals surface area contributed by atoms with Crippen molar-refractivity contribution in [2.45, 2.75) is 62.7 Å². The van der Waals surface area contributed by atoms with Gasteiger partial charge < -0.3 is 54.8 Å². The first-order valence-corrected chi connectivity index (χ1v) is 14.7. The third kappa shape index (κ3) is 13.9. The molecule has 2 aromatic rings. The number of benzene rings is 2. The average molecular weight is 641 g/mol. The Morgan fingerprint density at radius 3 is 1.67 bits per heavy atom. The number of hydrogen-bond donors (Lipinski definition) is 10. The lowest BCUT2D eigenvalue weighted by molar-refractivity contribution is -0.142. The second kappa shape index (κ2) is 19.1. The highest BCUT2D eigenvalue weighted by molar-refractivity contribution is 5.94. The van der Waals surface area contributed by atoms with Gasteiger partial charge in [-0.05, 0) is 55.4 Å². The van der Waals surface area contributed by atoms with Crippen molar-refractivity contribution >= 4 is 35.6 Å². The van der Waals surface area contributed by atoms with Gasteiger partial charge in [-0.15, -0.1) is 0 Å². The quantitative estimate of drug-likeness (QED) is 0.0462. The molecule has 46 heavy (non-hydrogen) atoms. The first-order valence-electron chi connectivity index (χ1n) is 14.7. The van der Waals surface area contributed by atoms with Crippen molar-refractivity contribution in [2.24, 2.45) is 38.7 Å². The van der Waals surface area contributed by atoms with Crippen LogP contribution < -0.4 is 44.6 Å². The number of rotatable bonds is 19. The minimum Gasteiger partial charge on any atom is -0.508 e. The molecule has 0 aliphatic heterocycles. The van der Waals surface area contributed by atoms with Gasteiger partial charge in [-0.25, -0.2) is 4.79 Å². The monoisotopic (exact) mass is 640 g/mol. The zero-order valence-corrected chi connectivity index (χ0v) is 25.5. The average Bonchev–Trinajstić information content (AvgIpc) is 3.00. The van der Waals surface area contributed by atoms with Crippen LogP contribution in [-0.4, -0.2) is 83.1 Å². The Labute approximate surface area is 266 Å². The fourth-order valence-corrected chi connectivity index (χ4v) is 4.39. The number of phenolic OH excluding ortho intramolecular Hbond substituents is 1. The van der Waals surface area contributed by atoms with Crippen molar-refractivity contribution in [3.05, 3.63) is 65.7 Å². The van der Waals surface area contributed by atoms with Gasteiger partial charge in [-0.2, -0.15) is 0 Å². The summed E-state index contributed by atoms with van der Waals surface area (Å²) in [6.07, 6.45) is 0.806. The lowest BCUT2D eigenvalue weighted by atomic mass is 10.0. The van der Waals surface area contributed by atoms with Crippen molar-refractivity contribution in [2.75, 3.05) is 13.1 Å². The maximum Gasteiger partial charge on any atom is 0.326 e. The van der Waals surface area contributed by atoms with Crippen LogP contribution in [0.15, 0.2) is 64.6 Å². The van der Waals surface area contributed by atoms with E-state index in [1.807, 2.05) is 30.3 Å². The number of nitrogens with zero attached hydrogens (tertiary/aromatic N) is 2. The summed E-state index contributed by atoms with van der Waals surface area (Å²) < 4.78 is 0. The molecule has 0 radical (unpaired) electrons. The maximum absolute atomic E-state index is 13.7. The smallest absolute Gasteiger partial charge is 0.326 e. The number of carbonyl (C=O) groups excluding carboxylic acids is 3. The van der Waals surface area contributed by atoms with Crippen LogP contribution in [0.4, 0.5) is 0 Å². The van der Waals surface area contributed by atoms with E-state index in [2.05, 4.69) is 25.9 Å². The number of nitrogens with two attached hydrogens (primary N) is 5. The summed E-state index contributed by atoms with van der Waals surface area (Å²) in [6.45, 7) is 0.302. The molecule has 2 aromatic carbocycles. The molecule has 16 heteroatoms. The van der Waals surface area contributed by atoms with Gasteiger partial charge in [-0.1, -0.05) is 42.5 Å². The summed E-state index contributed by atoms with van der Waals surface area (Å²) in [5.74, 6) is -3.63. The van der Waals surface area contributed by atoms with Crippen molar-refractivity contribution in [1.82, 2.24) is 16.0 Å². The molecular weight excluding hydrogens is 596 g/mol. The van der Waals surface area contributed by atoms with Gasteiger partial charge in [0.05, 0.1) is 6.04 Å². The molecule has 15 N–H and O–H groups in total. The number of nitrogens with one attached hydrogen (secondary N) is 3. The molecular formula is C30H44N10O6. The summed E-state index contributed by atoms with van der Waals surface area (Å²) in [5, 5.41) is 27.1. The largest absolute Gasteiger partial charge is 0.508 e. The fraction of sp³-hybridized carbons (Fsp3) is 0.400. The first kappa shape index (κ1) is 36.8. The molecule has 0 saturated heterocycles. The summed E-state index contributed by atoms with van der Waals surface area (Å²) in [5.41, 5.74) is 29.0. The van der Waals surface area contributed by atoms with E-state index in [0.717, 1.165) is 5.56 Å². The summed E-state index contributed by atoms with van der Waals surface area (Å²) in [7, 11) is 0. The number of hydrogen-bond acceptors (Lipinski definition) is 8. The first-order chi connectivity index (χ1) is 21.8. The molecule has 0 saturated carbocycles. The number of guanidine groups is 2. The van der Waals surface area contributed by atoms with E-state index in [1.54, 1.807) is 12.1 Å². The molecule has 0 heterocycles. The van der Waals surface area contributed by atoms with Gasteiger partial charge in [0.2, 0.25) is 17.7 Å². The number of carboxylic acid groups (broad SMARTS) is 1. The number of aliphatic carboxylic acids is 1. The highest BCUT2D eigenvalue weighted by atomic mass is 16.4. The molecule has 250 valence electrons. The molecule has 0 aliphatic rings. The standard InChI is InChI=1S/C30H44N10O6/c31-21(16-18-6-2-1-3-7-18)25(42)40-24(17-19-10-12-20(41)13-11-19)27(44)38-22(8-4-14-36-29(32)33)26(43)39-23(28(45)46)9-5-15-37-30(34)35/h1-3,6-7,10-13,21-24,41H,4-5,8-9,14-17,31H2,(H,38,44)(H,39,43)(H,40,42)(H,45,46)(H4,32,33,36)(H4,34,35,37)/t21-,22-,23-,24-/m0/s1. The lowest BCUT2D eigenvalue weighted by Gasteiger charge is -2.25. The Balaban J connectivity index is 2.25. The van der Waals surface area contributed by atoms with E-state index in [1.165, 1.54) is 12.1 Å². The van der Waals surface area contributed by atoms with Gasteiger partial charge in [-0.3, -0.25) is 24.4 Å². The zero-order chi connectivity index (χ0) is 34.1. The molecule has 0 bridgehead atoms. The van der Waals surface area contributed by atoms with E-state index in [9.17, 15) is 29.4 Å². The van der Waals surface area contributed by atoms with Crippen LogP contribution in [0.5, 0.6) is 5.75 Å². The topological polar surface area (TPSA) is 300 Å². The third-order valence-electron chi connectivity index (χ3n) is 6.78. The van der Waals surface area contributed by atoms with E-state index < -0.39 is 47.9 Å². The fourth-order valence-electron chi connectivity index (χ4n) is 4.39. The number of aliphatic imine (C=N–C) groups is 2. The molecule has 0 unspecified atom stereocenters.